The van der Waals surface area contributed by atoms with Gasteiger partial charge in [-0.05, 0) is 43.2 Å². The minimum Gasteiger partial charge on any atom is -0.454 e. The number of hydrogen-bond donors (Lipinski definition) is 2. The molecule has 0 bridgehead atoms. The number of nitrogens with one attached hydrogen (secondary N) is 2. The zero-order valence-electron chi connectivity index (χ0n) is 18.0. The first-order valence-electron chi connectivity index (χ1n) is 11.0. The van der Waals surface area contributed by atoms with Crippen LogP contribution in [0.2, 0.25) is 0 Å². The summed E-state index contributed by atoms with van der Waals surface area (Å²) in [5.41, 5.74) is 2.16. The highest BCUT2D eigenvalue weighted by molar-refractivity contribution is 6.07. The first-order valence-corrected chi connectivity index (χ1v) is 11.0. The lowest BCUT2D eigenvalue weighted by Crippen LogP contribution is -2.43. The van der Waals surface area contributed by atoms with E-state index in [0.29, 0.717) is 35.8 Å². The number of fused-ring (bicyclic) bond motifs is 1. The van der Waals surface area contributed by atoms with E-state index in [9.17, 15) is 9.59 Å². The van der Waals surface area contributed by atoms with E-state index in [1.54, 1.807) is 47.8 Å². The summed E-state index contributed by atoms with van der Waals surface area (Å²) in [6, 6.07) is 18.6. The van der Waals surface area contributed by atoms with Gasteiger partial charge in [-0.1, -0.05) is 30.3 Å². The number of para-hydroxylation sites is 3. The standard InChI is InChI=1S/C26H24N4O3/c31-25(29-23-11-3-4-12-24(23)33-19-8-5-13-27-15-19)18-7-6-14-30(17-18)26(32)21-16-28-22-10-2-1-9-20(21)22/h1-5,8-13,15-16,18,28H,6-7,14,17H2,(H,29,31). The zero-order valence-corrected chi connectivity index (χ0v) is 18.0. The van der Waals surface area contributed by atoms with Gasteiger partial charge in [0, 0.05) is 36.4 Å². The number of pyridine rings is 1. The quantitative estimate of drug-likeness (QED) is 0.465. The number of likely N-dealkylation sites (tertiary alicyclic amines) is 1. The van der Waals surface area contributed by atoms with Crippen LogP contribution < -0.4 is 10.1 Å². The Kier molecular flexibility index (Phi) is 5.76. The topological polar surface area (TPSA) is 87.3 Å². The van der Waals surface area contributed by atoms with Crippen LogP contribution in [0.3, 0.4) is 0 Å². The SMILES string of the molecule is O=C(Nc1ccccc1Oc1cccnc1)C1CCCN(C(=O)c2c[nH]c3ccccc23)C1. The minimum atomic E-state index is -0.292. The normalized spacial score (nSPS) is 15.9. The predicted octanol–water partition coefficient (Wildman–Crippen LogP) is 4.85. The molecule has 1 atom stereocenters. The van der Waals surface area contributed by atoms with Crippen molar-refractivity contribution in [2.24, 2.45) is 5.92 Å². The summed E-state index contributed by atoms with van der Waals surface area (Å²) in [7, 11) is 0. The van der Waals surface area contributed by atoms with Gasteiger partial charge in [0.15, 0.2) is 5.75 Å². The maximum atomic E-state index is 13.2. The maximum absolute atomic E-state index is 13.2. The molecule has 0 saturated carbocycles. The smallest absolute Gasteiger partial charge is 0.256 e. The molecule has 0 radical (unpaired) electrons. The van der Waals surface area contributed by atoms with E-state index in [4.69, 9.17) is 4.74 Å². The van der Waals surface area contributed by atoms with E-state index >= 15 is 0 Å². The Balaban J connectivity index is 1.29. The van der Waals surface area contributed by atoms with Gasteiger partial charge in [0.05, 0.1) is 23.4 Å². The molecular weight excluding hydrogens is 416 g/mol. The fourth-order valence-corrected chi connectivity index (χ4v) is 4.22. The third-order valence-corrected chi connectivity index (χ3v) is 5.91. The molecule has 7 nitrogen and oxygen atoms in total. The van der Waals surface area contributed by atoms with Crippen LogP contribution in [0.4, 0.5) is 5.69 Å². The van der Waals surface area contributed by atoms with E-state index < -0.39 is 0 Å². The minimum absolute atomic E-state index is 0.0507. The number of carbonyl (C=O) groups is 2. The summed E-state index contributed by atoms with van der Waals surface area (Å²) >= 11 is 0. The van der Waals surface area contributed by atoms with Gasteiger partial charge < -0.3 is 19.9 Å². The molecule has 1 unspecified atom stereocenters. The number of ether oxygens (including phenoxy) is 1. The largest absolute Gasteiger partial charge is 0.454 e. The van der Waals surface area contributed by atoms with Crippen LogP contribution in [0.15, 0.2) is 79.3 Å². The molecular formula is C26H24N4O3. The Morgan fingerprint density at radius 3 is 2.79 bits per heavy atom. The van der Waals surface area contributed by atoms with Gasteiger partial charge in [0.2, 0.25) is 5.91 Å². The number of anilines is 1. The lowest BCUT2D eigenvalue weighted by Gasteiger charge is -2.32. The fraction of sp³-hybridized carbons (Fsp3) is 0.192. The number of benzene rings is 2. The fourth-order valence-electron chi connectivity index (χ4n) is 4.22. The molecule has 5 rings (SSSR count). The number of piperidine rings is 1. The summed E-state index contributed by atoms with van der Waals surface area (Å²) in [6.07, 6.45) is 6.55. The van der Waals surface area contributed by atoms with Crippen molar-refractivity contribution in [2.45, 2.75) is 12.8 Å². The zero-order chi connectivity index (χ0) is 22.6. The van der Waals surface area contributed by atoms with Gasteiger partial charge in [-0.2, -0.15) is 0 Å². The summed E-state index contributed by atoms with van der Waals surface area (Å²) in [6.45, 7) is 1.03. The summed E-state index contributed by atoms with van der Waals surface area (Å²) < 4.78 is 5.90. The number of carbonyl (C=O) groups excluding carboxylic acids is 2. The Labute approximate surface area is 191 Å². The number of aromatic amines is 1. The van der Waals surface area contributed by atoms with E-state index in [0.717, 1.165) is 23.7 Å². The Bertz CT molecular complexity index is 1280. The first-order chi connectivity index (χ1) is 16.2. The first kappa shape index (κ1) is 20.8. The molecule has 4 aromatic rings. The van der Waals surface area contributed by atoms with Crippen molar-refractivity contribution in [3.8, 4) is 11.5 Å². The molecule has 2 N–H and O–H groups in total. The van der Waals surface area contributed by atoms with Gasteiger partial charge >= 0.3 is 0 Å². The highest BCUT2D eigenvalue weighted by atomic mass is 16.5. The molecule has 2 amide bonds. The average Bonchev–Trinajstić information content (AvgIpc) is 3.30. The lowest BCUT2D eigenvalue weighted by atomic mass is 9.96. The molecule has 1 saturated heterocycles. The molecule has 0 spiro atoms. The molecule has 0 aliphatic carbocycles. The Morgan fingerprint density at radius 1 is 1.06 bits per heavy atom. The number of aromatic nitrogens is 2. The third-order valence-electron chi connectivity index (χ3n) is 5.91. The highest BCUT2D eigenvalue weighted by Crippen LogP contribution is 2.30. The van der Waals surface area contributed by atoms with Crippen LogP contribution in [0.1, 0.15) is 23.2 Å². The molecule has 1 aliphatic rings. The second-order valence-corrected chi connectivity index (χ2v) is 8.11. The van der Waals surface area contributed by atoms with Gasteiger partial charge in [-0.25, -0.2) is 0 Å². The maximum Gasteiger partial charge on any atom is 0.256 e. The van der Waals surface area contributed by atoms with Crippen molar-refractivity contribution < 1.29 is 14.3 Å². The van der Waals surface area contributed by atoms with Crippen molar-refractivity contribution in [3.05, 3.63) is 84.8 Å². The van der Waals surface area contributed by atoms with Crippen LogP contribution in [0.25, 0.3) is 10.9 Å². The molecule has 3 heterocycles. The molecule has 1 aliphatic heterocycles. The van der Waals surface area contributed by atoms with Crippen molar-refractivity contribution in [2.75, 3.05) is 18.4 Å². The Hall–Kier alpha value is -4.13. The van der Waals surface area contributed by atoms with Crippen LogP contribution >= 0.6 is 0 Å². The van der Waals surface area contributed by atoms with Crippen molar-refractivity contribution in [1.29, 1.82) is 0 Å². The van der Waals surface area contributed by atoms with Crippen LogP contribution in [0, 0.1) is 5.92 Å². The number of hydrogen-bond acceptors (Lipinski definition) is 4. The molecule has 166 valence electrons. The molecule has 1 fully saturated rings. The van der Waals surface area contributed by atoms with E-state index in [1.807, 2.05) is 36.4 Å². The van der Waals surface area contributed by atoms with E-state index in [-0.39, 0.29) is 17.7 Å². The van der Waals surface area contributed by atoms with Gasteiger partial charge in [-0.3, -0.25) is 14.6 Å². The second kappa shape index (κ2) is 9.16. The monoisotopic (exact) mass is 440 g/mol. The summed E-state index contributed by atoms with van der Waals surface area (Å²) in [5.74, 6) is 0.673. The second-order valence-electron chi connectivity index (χ2n) is 8.11. The molecule has 2 aromatic carbocycles. The summed E-state index contributed by atoms with van der Waals surface area (Å²) in [5, 5.41) is 3.89. The van der Waals surface area contributed by atoms with E-state index in [1.165, 1.54) is 0 Å². The number of rotatable bonds is 5. The van der Waals surface area contributed by atoms with Crippen LogP contribution in [0.5, 0.6) is 11.5 Å². The lowest BCUT2D eigenvalue weighted by molar-refractivity contribution is -0.121. The number of nitrogens with zero attached hydrogens (tertiary/aromatic N) is 2. The molecule has 2 aromatic heterocycles. The van der Waals surface area contributed by atoms with Gasteiger partial charge in [0.25, 0.3) is 5.91 Å². The molecule has 33 heavy (non-hydrogen) atoms. The summed E-state index contributed by atoms with van der Waals surface area (Å²) in [4.78, 5) is 35.3. The van der Waals surface area contributed by atoms with Crippen LogP contribution in [-0.4, -0.2) is 39.8 Å². The van der Waals surface area contributed by atoms with Crippen molar-refractivity contribution in [3.63, 3.8) is 0 Å². The van der Waals surface area contributed by atoms with Crippen LogP contribution in [-0.2, 0) is 4.79 Å². The molecule has 7 heteroatoms. The number of H-pyrrole nitrogens is 1. The predicted molar refractivity (Wildman–Crippen MR) is 126 cm³/mol. The van der Waals surface area contributed by atoms with Gasteiger partial charge in [0.1, 0.15) is 5.75 Å². The van der Waals surface area contributed by atoms with Crippen molar-refractivity contribution in [1.82, 2.24) is 14.9 Å². The van der Waals surface area contributed by atoms with E-state index in [2.05, 4.69) is 15.3 Å². The highest BCUT2D eigenvalue weighted by Gasteiger charge is 2.30. The average molecular weight is 441 g/mol. The number of amides is 2. The third kappa shape index (κ3) is 4.43. The Morgan fingerprint density at radius 2 is 1.91 bits per heavy atom. The van der Waals surface area contributed by atoms with Gasteiger partial charge in [-0.15, -0.1) is 0 Å². The van der Waals surface area contributed by atoms with Crippen molar-refractivity contribution >= 4 is 28.4 Å².